The second kappa shape index (κ2) is 6.53. The fraction of sp³-hybridized carbons (Fsp3) is 0.412. The maximum absolute atomic E-state index is 9.66. The van der Waals surface area contributed by atoms with Crippen molar-refractivity contribution in [1.82, 2.24) is 5.32 Å². The third kappa shape index (κ3) is 3.11. The predicted molar refractivity (Wildman–Crippen MR) is 84.2 cm³/mol. The molecule has 1 aliphatic rings. The number of aliphatic hydroxyl groups is 1. The van der Waals surface area contributed by atoms with Crippen LogP contribution in [0, 0.1) is 0 Å². The molecule has 0 radical (unpaired) electrons. The average molecular weight is 287 g/mol. The van der Waals surface area contributed by atoms with Gasteiger partial charge in [-0.2, -0.15) is 0 Å². The molecular formula is C17H21NOS. The van der Waals surface area contributed by atoms with E-state index in [9.17, 15) is 5.11 Å². The molecule has 2 aromatic rings. The molecule has 0 amide bonds. The molecule has 3 heteroatoms. The molecule has 2 nitrogen and oxygen atoms in total. The fourth-order valence-corrected chi connectivity index (χ4v) is 4.01. The second-order valence-electron chi connectivity index (χ2n) is 5.48. The summed E-state index contributed by atoms with van der Waals surface area (Å²) >= 11 is 1.87. The van der Waals surface area contributed by atoms with Gasteiger partial charge < -0.3 is 10.4 Å². The number of rotatable bonds is 5. The summed E-state index contributed by atoms with van der Waals surface area (Å²) in [5.41, 5.74) is 2.73. The molecule has 2 N–H and O–H groups in total. The van der Waals surface area contributed by atoms with Crippen LogP contribution in [0.4, 0.5) is 0 Å². The van der Waals surface area contributed by atoms with Gasteiger partial charge >= 0.3 is 0 Å². The number of thiophene rings is 1. The summed E-state index contributed by atoms with van der Waals surface area (Å²) in [6.07, 6.45) is 4.52. The minimum Gasteiger partial charge on any atom is -0.395 e. The third-order valence-corrected chi connectivity index (χ3v) is 5.03. The van der Waals surface area contributed by atoms with Crippen LogP contribution >= 0.6 is 11.3 Å². The molecule has 1 aromatic carbocycles. The summed E-state index contributed by atoms with van der Waals surface area (Å²) in [7, 11) is 0. The zero-order chi connectivity index (χ0) is 13.8. The lowest BCUT2D eigenvalue weighted by molar-refractivity contribution is 0.226. The molecule has 20 heavy (non-hydrogen) atoms. The van der Waals surface area contributed by atoms with Gasteiger partial charge in [0.2, 0.25) is 0 Å². The van der Waals surface area contributed by atoms with E-state index >= 15 is 0 Å². The number of hydrogen-bond donors (Lipinski definition) is 2. The number of fused-ring (bicyclic) bond motifs is 1. The van der Waals surface area contributed by atoms with E-state index in [4.69, 9.17) is 0 Å². The molecule has 106 valence electrons. The van der Waals surface area contributed by atoms with Gasteiger partial charge in [-0.05, 0) is 48.3 Å². The third-order valence-electron chi connectivity index (χ3n) is 4.03. The van der Waals surface area contributed by atoms with Crippen molar-refractivity contribution in [2.75, 3.05) is 6.61 Å². The minimum atomic E-state index is 0.133. The number of benzene rings is 1. The number of nitrogens with one attached hydrogen (secondary N) is 1. The number of aliphatic hydroxyl groups excluding tert-OH is 1. The number of hydrogen-bond acceptors (Lipinski definition) is 3. The Bertz CT molecular complexity index is 537. The summed E-state index contributed by atoms with van der Waals surface area (Å²) in [6, 6.07) is 13.2. The highest BCUT2D eigenvalue weighted by molar-refractivity contribution is 7.10. The van der Waals surface area contributed by atoms with E-state index in [1.165, 1.54) is 35.3 Å². The van der Waals surface area contributed by atoms with Crippen LogP contribution in [0.5, 0.6) is 0 Å². The normalized spacial score (nSPS) is 19.6. The van der Waals surface area contributed by atoms with Crippen molar-refractivity contribution >= 4 is 11.3 Å². The van der Waals surface area contributed by atoms with Crippen LogP contribution in [-0.2, 0) is 12.8 Å². The quantitative estimate of drug-likeness (QED) is 0.884. The van der Waals surface area contributed by atoms with Crippen molar-refractivity contribution in [1.29, 1.82) is 0 Å². The standard InChI is InChI=1S/C17H21NOS/c19-12-14(11-13-5-2-1-3-6-13)18-16-7-4-8-17-15(16)9-10-20-17/h1-3,5-6,9-10,14,16,18-19H,4,7-8,11-12H2. The Morgan fingerprint density at radius 2 is 2.10 bits per heavy atom. The molecule has 2 atom stereocenters. The maximum Gasteiger partial charge on any atom is 0.0588 e. The van der Waals surface area contributed by atoms with E-state index in [-0.39, 0.29) is 12.6 Å². The minimum absolute atomic E-state index is 0.133. The number of aryl methyl sites for hydroxylation is 1. The molecule has 3 rings (SSSR count). The fourth-order valence-electron chi connectivity index (χ4n) is 3.02. The van der Waals surface area contributed by atoms with Crippen molar-refractivity contribution in [2.45, 2.75) is 37.8 Å². The van der Waals surface area contributed by atoms with Crippen molar-refractivity contribution in [2.24, 2.45) is 0 Å². The summed E-state index contributed by atoms with van der Waals surface area (Å²) in [5, 5.41) is 15.5. The van der Waals surface area contributed by atoms with Crippen LogP contribution in [0.3, 0.4) is 0 Å². The van der Waals surface area contributed by atoms with Gasteiger partial charge in [0.05, 0.1) is 6.61 Å². The van der Waals surface area contributed by atoms with Gasteiger partial charge in [-0.15, -0.1) is 11.3 Å². The van der Waals surface area contributed by atoms with Crippen LogP contribution in [-0.4, -0.2) is 17.8 Å². The van der Waals surface area contributed by atoms with Crippen LogP contribution in [0.1, 0.15) is 34.9 Å². The largest absolute Gasteiger partial charge is 0.395 e. The van der Waals surface area contributed by atoms with E-state index < -0.39 is 0 Å². The maximum atomic E-state index is 9.66. The van der Waals surface area contributed by atoms with Crippen molar-refractivity contribution in [3.05, 3.63) is 57.8 Å². The molecule has 0 bridgehead atoms. The smallest absolute Gasteiger partial charge is 0.0588 e. The van der Waals surface area contributed by atoms with Gasteiger partial charge in [-0.3, -0.25) is 0 Å². The van der Waals surface area contributed by atoms with E-state index in [0.717, 1.165) is 6.42 Å². The van der Waals surface area contributed by atoms with Crippen molar-refractivity contribution in [3.8, 4) is 0 Å². The van der Waals surface area contributed by atoms with Gasteiger partial charge in [-0.25, -0.2) is 0 Å². The van der Waals surface area contributed by atoms with Gasteiger partial charge in [0, 0.05) is 17.0 Å². The molecule has 0 aliphatic heterocycles. The lowest BCUT2D eigenvalue weighted by Gasteiger charge is -2.28. The first-order valence-electron chi connectivity index (χ1n) is 7.34. The molecule has 1 aromatic heterocycles. The molecule has 0 spiro atoms. The molecule has 0 saturated carbocycles. The summed E-state index contributed by atoms with van der Waals surface area (Å²) in [6.45, 7) is 0.185. The first-order chi connectivity index (χ1) is 9.86. The zero-order valence-electron chi connectivity index (χ0n) is 11.6. The Balaban J connectivity index is 1.67. The summed E-state index contributed by atoms with van der Waals surface area (Å²) in [5.74, 6) is 0. The Labute approximate surface area is 124 Å². The summed E-state index contributed by atoms with van der Waals surface area (Å²) < 4.78 is 0. The molecular weight excluding hydrogens is 266 g/mol. The van der Waals surface area contributed by atoms with E-state index in [1.54, 1.807) is 0 Å². The first kappa shape index (κ1) is 13.8. The van der Waals surface area contributed by atoms with Gasteiger partial charge in [0.15, 0.2) is 0 Å². The van der Waals surface area contributed by atoms with E-state index in [2.05, 4.69) is 41.0 Å². The monoisotopic (exact) mass is 287 g/mol. The topological polar surface area (TPSA) is 32.3 Å². The van der Waals surface area contributed by atoms with Crippen LogP contribution in [0.25, 0.3) is 0 Å². The molecule has 2 unspecified atom stereocenters. The van der Waals surface area contributed by atoms with Crippen molar-refractivity contribution in [3.63, 3.8) is 0 Å². The van der Waals surface area contributed by atoms with Crippen molar-refractivity contribution < 1.29 is 5.11 Å². The van der Waals surface area contributed by atoms with Crippen LogP contribution in [0.2, 0.25) is 0 Å². The van der Waals surface area contributed by atoms with Gasteiger partial charge in [0.1, 0.15) is 0 Å². The summed E-state index contributed by atoms with van der Waals surface area (Å²) in [4.78, 5) is 1.52. The highest BCUT2D eigenvalue weighted by Crippen LogP contribution is 2.33. The Hall–Kier alpha value is -1.16. The molecule has 1 aliphatic carbocycles. The average Bonchev–Trinajstić information content (AvgIpc) is 2.97. The van der Waals surface area contributed by atoms with Gasteiger partial charge in [-0.1, -0.05) is 30.3 Å². The van der Waals surface area contributed by atoms with Crippen LogP contribution < -0.4 is 5.32 Å². The second-order valence-corrected chi connectivity index (χ2v) is 6.48. The predicted octanol–water partition coefficient (Wildman–Crippen LogP) is 3.32. The Morgan fingerprint density at radius 3 is 2.90 bits per heavy atom. The Morgan fingerprint density at radius 1 is 1.25 bits per heavy atom. The van der Waals surface area contributed by atoms with Crippen LogP contribution in [0.15, 0.2) is 41.8 Å². The lowest BCUT2D eigenvalue weighted by atomic mass is 9.93. The lowest BCUT2D eigenvalue weighted by Crippen LogP contribution is -2.38. The zero-order valence-corrected chi connectivity index (χ0v) is 12.4. The molecule has 0 saturated heterocycles. The highest BCUT2D eigenvalue weighted by Gasteiger charge is 2.23. The first-order valence-corrected chi connectivity index (χ1v) is 8.22. The Kier molecular flexibility index (Phi) is 4.51. The SMILES string of the molecule is OCC(Cc1ccccc1)NC1CCCc2sccc21. The van der Waals surface area contributed by atoms with E-state index in [0.29, 0.717) is 6.04 Å². The van der Waals surface area contributed by atoms with E-state index in [1.807, 2.05) is 17.4 Å². The van der Waals surface area contributed by atoms with Gasteiger partial charge in [0.25, 0.3) is 0 Å². The highest BCUT2D eigenvalue weighted by atomic mass is 32.1. The molecule has 1 heterocycles. The molecule has 0 fully saturated rings.